The van der Waals surface area contributed by atoms with Crippen LogP contribution >= 0.6 is 0 Å². The average molecular weight is 140 g/mol. The summed E-state index contributed by atoms with van der Waals surface area (Å²) in [5.41, 5.74) is 0.150. The molecular formula is C8H9FO. The van der Waals surface area contributed by atoms with Crippen LogP contribution in [0.15, 0.2) is 36.7 Å². The van der Waals surface area contributed by atoms with Crippen LogP contribution in [0.5, 0.6) is 0 Å². The lowest BCUT2D eigenvalue weighted by molar-refractivity contribution is -0.113. The zero-order valence-corrected chi connectivity index (χ0v) is 5.86. The number of Topliss-reactive ketones (excluding diaryl/α,β-unsaturated/α-hetero) is 1. The van der Waals surface area contributed by atoms with Gasteiger partial charge < -0.3 is 0 Å². The zero-order chi connectivity index (χ0) is 8.15. The van der Waals surface area contributed by atoms with E-state index in [2.05, 4.69) is 13.2 Å². The fourth-order valence-electron chi connectivity index (χ4n) is 0.327. The summed E-state index contributed by atoms with van der Waals surface area (Å²) >= 11 is 0. The van der Waals surface area contributed by atoms with Crippen molar-refractivity contribution in [2.45, 2.75) is 6.92 Å². The zero-order valence-electron chi connectivity index (χ0n) is 5.86. The topological polar surface area (TPSA) is 17.1 Å². The smallest absolute Gasteiger partial charge is 0.159 e. The van der Waals surface area contributed by atoms with E-state index in [1.54, 1.807) is 0 Å². The fraction of sp³-hybridized carbons (Fsp3) is 0.125. The van der Waals surface area contributed by atoms with E-state index in [0.29, 0.717) is 0 Å². The number of halogens is 1. The van der Waals surface area contributed by atoms with Gasteiger partial charge >= 0.3 is 0 Å². The molecule has 0 aliphatic carbocycles. The largest absolute Gasteiger partial charge is 0.295 e. The maximum Gasteiger partial charge on any atom is 0.159 e. The molecule has 0 aromatic carbocycles. The first-order valence-electron chi connectivity index (χ1n) is 2.77. The van der Waals surface area contributed by atoms with Crippen LogP contribution in [0.4, 0.5) is 4.39 Å². The average Bonchev–Trinajstić information content (AvgIpc) is 1.87. The van der Waals surface area contributed by atoms with E-state index >= 15 is 0 Å². The van der Waals surface area contributed by atoms with Crippen LogP contribution in [0.3, 0.4) is 0 Å². The van der Waals surface area contributed by atoms with Gasteiger partial charge in [0.15, 0.2) is 5.78 Å². The van der Waals surface area contributed by atoms with Crippen molar-refractivity contribution in [2.75, 3.05) is 0 Å². The molecule has 10 heavy (non-hydrogen) atoms. The lowest BCUT2D eigenvalue weighted by Gasteiger charge is -1.89. The van der Waals surface area contributed by atoms with E-state index in [1.165, 1.54) is 6.92 Å². The second kappa shape index (κ2) is 3.77. The Kier molecular flexibility index (Phi) is 3.33. The van der Waals surface area contributed by atoms with E-state index in [4.69, 9.17) is 0 Å². The summed E-state index contributed by atoms with van der Waals surface area (Å²) in [5, 5.41) is 0. The van der Waals surface area contributed by atoms with E-state index in [1.807, 2.05) is 0 Å². The molecule has 0 rings (SSSR count). The molecule has 1 nitrogen and oxygen atoms in total. The number of carbonyl (C=O) groups excluding carboxylic acids is 1. The van der Waals surface area contributed by atoms with Crippen LogP contribution in [0.2, 0.25) is 0 Å². The predicted octanol–water partition coefficient (Wildman–Crippen LogP) is 2.17. The normalized spacial score (nSPS) is 10.8. The third-order valence-electron chi connectivity index (χ3n) is 0.959. The van der Waals surface area contributed by atoms with Crippen LogP contribution in [0, 0.1) is 0 Å². The molecule has 0 bridgehead atoms. The van der Waals surface area contributed by atoms with Gasteiger partial charge in [0.25, 0.3) is 0 Å². The fourth-order valence-corrected chi connectivity index (χ4v) is 0.327. The molecule has 0 aromatic heterocycles. The molecule has 0 spiro atoms. The molecule has 0 aliphatic rings. The molecule has 0 aromatic rings. The van der Waals surface area contributed by atoms with Gasteiger partial charge in [-0.25, -0.2) is 4.39 Å². The van der Waals surface area contributed by atoms with Gasteiger partial charge in [-0.3, -0.25) is 4.79 Å². The minimum Gasteiger partial charge on any atom is -0.295 e. The Labute approximate surface area is 59.6 Å². The summed E-state index contributed by atoms with van der Waals surface area (Å²) in [6.07, 6.45) is 2.07. The standard InChI is InChI=1S/C8H9FO/c1-4-8(9)5-6(2)7(3)10/h4-5H,1-2H2,3H3/b8-5+. The maximum atomic E-state index is 12.3. The third kappa shape index (κ3) is 2.97. The van der Waals surface area contributed by atoms with Crippen LogP contribution in [0.25, 0.3) is 0 Å². The van der Waals surface area contributed by atoms with Crippen LogP contribution in [0.1, 0.15) is 6.92 Å². The van der Waals surface area contributed by atoms with Gasteiger partial charge in [0.05, 0.1) is 0 Å². The molecule has 0 radical (unpaired) electrons. The number of carbonyl (C=O) groups is 1. The minimum absolute atomic E-state index is 0.150. The molecule has 54 valence electrons. The Balaban J connectivity index is 4.27. The van der Waals surface area contributed by atoms with Gasteiger partial charge in [0.1, 0.15) is 5.83 Å². The van der Waals surface area contributed by atoms with Gasteiger partial charge in [0.2, 0.25) is 0 Å². The number of rotatable bonds is 3. The van der Waals surface area contributed by atoms with Crippen molar-refractivity contribution in [2.24, 2.45) is 0 Å². The van der Waals surface area contributed by atoms with Crippen molar-refractivity contribution < 1.29 is 9.18 Å². The number of hydrogen-bond acceptors (Lipinski definition) is 1. The molecule has 0 atom stereocenters. The molecule has 0 fully saturated rings. The summed E-state index contributed by atoms with van der Waals surface area (Å²) < 4.78 is 12.3. The summed E-state index contributed by atoms with van der Waals surface area (Å²) in [6, 6.07) is 0. The van der Waals surface area contributed by atoms with E-state index in [-0.39, 0.29) is 11.4 Å². The van der Waals surface area contributed by atoms with E-state index in [0.717, 1.165) is 12.2 Å². The highest BCUT2D eigenvalue weighted by Crippen LogP contribution is 2.03. The van der Waals surface area contributed by atoms with Crippen molar-refractivity contribution in [3.63, 3.8) is 0 Å². The second-order valence-corrected chi connectivity index (χ2v) is 1.81. The molecule has 0 N–H and O–H groups in total. The lowest BCUT2D eigenvalue weighted by atomic mass is 10.2. The molecule has 0 aliphatic heterocycles. The number of ketones is 1. The maximum absolute atomic E-state index is 12.3. The van der Waals surface area contributed by atoms with Crippen molar-refractivity contribution in [3.05, 3.63) is 36.7 Å². The monoisotopic (exact) mass is 140 g/mol. The summed E-state index contributed by atoms with van der Waals surface area (Å²) in [7, 11) is 0. The number of allylic oxidation sites excluding steroid dienone is 4. The van der Waals surface area contributed by atoms with Crippen molar-refractivity contribution >= 4 is 5.78 Å². The van der Waals surface area contributed by atoms with Crippen molar-refractivity contribution in [3.8, 4) is 0 Å². The highest BCUT2D eigenvalue weighted by Gasteiger charge is 1.96. The third-order valence-corrected chi connectivity index (χ3v) is 0.959. The van der Waals surface area contributed by atoms with Gasteiger partial charge in [0, 0.05) is 5.57 Å². The molecule has 0 saturated heterocycles. The summed E-state index contributed by atoms with van der Waals surface area (Å²) in [5.74, 6) is -0.780. The molecule has 2 heteroatoms. The first-order chi connectivity index (χ1) is 4.57. The number of hydrogen-bond donors (Lipinski definition) is 0. The Morgan fingerprint density at radius 1 is 1.60 bits per heavy atom. The molecule has 0 saturated carbocycles. The summed E-state index contributed by atoms with van der Waals surface area (Å²) in [4.78, 5) is 10.5. The Hall–Kier alpha value is -1.18. The minimum atomic E-state index is -0.541. The lowest BCUT2D eigenvalue weighted by Crippen LogP contribution is -1.90. The van der Waals surface area contributed by atoms with Crippen molar-refractivity contribution in [1.82, 2.24) is 0 Å². The van der Waals surface area contributed by atoms with Gasteiger partial charge in [-0.1, -0.05) is 13.2 Å². The highest BCUT2D eigenvalue weighted by atomic mass is 19.1. The van der Waals surface area contributed by atoms with Gasteiger partial charge in [-0.15, -0.1) is 0 Å². The van der Waals surface area contributed by atoms with Crippen LogP contribution in [-0.2, 0) is 4.79 Å². The quantitative estimate of drug-likeness (QED) is 0.433. The molecular weight excluding hydrogens is 131 g/mol. The second-order valence-electron chi connectivity index (χ2n) is 1.81. The SMILES string of the molecule is C=C/C(F)=C\C(=C)C(C)=O. The van der Waals surface area contributed by atoms with E-state index in [9.17, 15) is 9.18 Å². The van der Waals surface area contributed by atoms with Crippen LogP contribution in [-0.4, -0.2) is 5.78 Å². The first kappa shape index (κ1) is 8.82. The Morgan fingerprint density at radius 2 is 2.10 bits per heavy atom. The van der Waals surface area contributed by atoms with Gasteiger partial charge in [-0.05, 0) is 19.1 Å². The molecule has 0 unspecified atom stereocenters. The molecule has 0 amide bonds. The Morgan fingerprint density at radius 3 is 2.40 bits per heavy atom. The summed E-state index contributed by atoms with van der Waals surface area (Å²) in [6.45, 7) is 7.83. The first-order valence-corrected chi connectivity index (χ1v) is 2.77. The predicted molar refractivity (Wildman–Crippen MR) is 39.2 cm³/mol. The van der Waals surface area contributed by atoms with Crippen molar-refractivity contribution in [1.29, 1.82) is 0 Å². The Bertz CT molecular complexity index is 201. The molecule has 0 heterocycles. The highest BCUT2D eigenvalue weighted by molar-refractivity contribution is 5.95. The van der Waals surface area contributed by atoms with Gasteiger partial charge in [-0.2, -0.15) is 0 Å². The van der Waals surface area contributed by atoms with Crippen LogP contribution < -0.4 is 0 Å². The van der Waals surface area contributed by atoms with E-state index < -0.39 is 5.83 Å².